The van der Waals surface area contributed by atoms with E-state index in [1.54, 1.807) is 31.3 Å². The summed E-state index contributed by atoms with van der Waals surface area (Å²) in [6.07, 6.45) is 0.349. The second-order valence-electron chi connectivity index (χ2n) is 6.77. The number of aromatic nitrogens is 2. The molecule has 1 fully saturated rings. The number of carbonyl (C=O) groups is 1. The van der Waals surface area contributed by atoms with Crippen molar-refractivity contribution in [1.82, 2.24) is 10.1 Å². The first-order chi connectivity index (χ1) is 13.6. The summed E-state index contributed by atoms with van der Waals surface area (Å²) in [6, 6.07) is 13.3. The molecule has 3 aromatic rings. The van der Waals surface area contributed by atoms with Crippen LogP contribution >= 0.6 is 0 Å². The number of hydrogen-bond donors (Lipinski definition) is 0. The molecule has 0 radical (unpaired) electrons. The number of aryl methyl sites for hydroxylation is 1. The van der Waals surface area contributed by atoms with E-state index in [1.165, 1.54) is 0 Å². The largest absolute Gasteiger partial charge is 0.493 e. The lowest BCUT2D eigenvalue weighted by Gasteiger charge is -2.16. The highest BCUT2D eigenvalue weighted by atomic mass is 16.5. The molecule has 1 unspecified atom stereocenters. The number of nitrogens with zero attached hydrogens (tertiary/aromatic N) is 3. The third kappa shape index (κ3) is 3.31. The molecule has 1 saturated heterocycles. The van der Waals surface area contributed by atoms with Crippen LogP contribution in [0.2, 0.25) is 0 Å². The monoisotopic (exact) mass is 379 g/mol. The summed E-state index contributed by atoms with van der Waals surface area (Å²) < 4.78 is 16.1. The van der Waals surface area contributed by atoms with Crippen LogP contribution in [0.25, 0.3) is 11.4 Å². The van der Waals surface area contributed by atoms with Gasteiger partial charge in [-0.3, -0.25) is 4.79 Å². The number of anilines is 1. The Kier molecular flexibility index (Phi) is 4.73. The lowest BCUT2D eigenvalue weighted by atomic mass is 10.1. The van der Waals surface area contributed by atoms with Gasteiger partial charge in [0, 0.05) is 24.2 Å². The maximum absolute atomic E-state index is 12.5. The van der Waals surface area contributed by atoms with E-state index in [0.717, 1.165) is 16.8 Å². The highest BCUT2D eigenvalue weighted by Crippen LogP contribution is 2.34. The minimum Gasteiger partial charge on any atom is -0.493 e. The first-order valence-corrected chi connectivity index (χ1v) is 9.02. The van der Waals surface area contributed by atoms with Crippen LogP contribution in [-0.4, -0.2) is 36.8 Å². The van der Waals surface area contributed by atoms with Gasteiger partial charge in [0.15, 0.2) is 11.5 Å². The fraction of sp³-hybridized carbons (Fsp3) is 0.286. The third-order valence-electron chi connectivity index (χ3n) is 4.87. The van der Waals surface area contributed by atoms with Crippen LogP contribution < -0.4 is 14.4 Å². The second kappa shape index (κ2) is 7.34. The first kappa shape index (κ1) is 18.0. The topological polar surface area (TPSA) is 77.7 Å². The van der Waals surface area contributed by atoms with Crippen LogP contribution in [0.4, 0.5) is 5.69 Å². The van der Waals surface area contributed by atoms with Gasteiger partial charge < -0.3 is 18.9 Å². The summed E-state index contributed by atoms with van der Waals surface area (Å²) in [5.74, 6) is 2.07. The van der Waals surface area contributed by atoms with Gasteiger partial charge in [-0.15, -0.1) is 0 Å². The predicted octanol–water partition coefficient (Wildman–Crippen LogP) is 3.58. The Morgan fingerprint density at radius 3 is 2.68 bits per heavy atom. The van der Waals surface area contributed by atoms with Crippen molar-refractivity contribution >= 4 is 11.6 Å². The van der Waals surface area contributed by atoms with E-state index >= 15 is 0 Å². The quantitative estimate of drug-likeness (QED) is 0.674. The molecule has 4 rings (SSSR count). The van der Waals surface area contributed by atoms with Gasteiger partial charge >= 0.3 is 0 Å². The molecule has 2 heterocycles. The molecule has 0 bridgehead atoms. The predicted molar refractivity (Wildman–Crippen MR) is 104 cm³/mol. The minimum absolute atomic E-state index is 0.0569. The van der Waals surface area contributed by atoms with Crippen LogP contribution in [0.5, 0.6) is 11.5 Å². The Bertz CT molecular complexity index is 1010. The van der Waals surface area contributed by atoms with Crippen LogP contribution in [0.3, 0.4) is 0 Å². The Hall–Kier alpha value is -3.35. The zero-order valence-corrected chi connectivity index (χ0v) is 16.0. The number of hydrogen-bond acceptors (Lipinski definition) is 6. The Balaban J connectivity index is 1.56. The smallest absolute Gasteiger partial charge is 0.232 e. The number of ether oxygens (including phenoxy) is 2. The van der Waals surface area contributed by atoms with E-state index in [9.17, 15) is 4.79 Å². The number of benzene rings is 2. The van der Waals surface area contributed by atoms with E-state index in [0.29, 0.717) is 36.2 Å². The van der Waals surface area contributed by atoms with Gasteiger partial charge in [0.05, 0.1) is 20.1 Å². The minimum atomic E-state index is -0.130. The van der Waals surface area contributed by atoms with Crippen molar-refractivity contribution in [3.63, 3.8) is 0 Å². The fourth-order valence-corrected chi connectivity index (χ4v) is 3.41. The van der Waals surface area contributed by atoms with Gasteiger partial charge in [-0.25, -0.2) is 0 Å². The van der Waals surface area contributed by atoms with E-state index in [1.807, 2.05) is 37.3 Å². The number of rotatable bonds is 5. The molecule has 0 spiro atoms. The van der Waals surface area contributed by atoms with Crippen LogP contribution in [-0.2, 0) is 4.79 Å². The molecule has 7 heteroatoms. The molecule has 1 amide bonds. The summed E-state index contributed by atoms with van der Waals surface area (Å²) in [4.78, 5) is 18.8. The van der Waals surface area contributed by atoms with Crippen LogP contribution in [0.15, 0.2) is 47.0 Å². The first-order valence-electron chi connectivity index (χ1n) is 9.02. The summed E-state index contributed by atoms with van der Waals surface area (Å²) >= 11 is 0. The van der Waals surface area contributed by atoms with Gasteiger partial charge in [0.25, 0.3) is 0 Å². The van der Waals surface area contributed by atoms with E-state index in [2.05, 4.69) is 10.1 Å². The average Bonchev–Trinajstić information content (AvgIpc) is 3.34. The molecule has 1 aromatic heterocycles. The second-order valence-corrected chi connectivity index (χ2v) is 6.77. The summed E-state index contributed by atoms with van der Waals surface area (Å²) in [6.45, 7) is 2.53. The van der Waals surface area contributed by atoms with Crippen molar-refractivity contribution in [2.75, 3.05) is 25.7 Å². The van der Waals surface area contributed by atoms with Gasteiger partial charge in [-0.2, -0.15) is 4.98 Å². The summed E-state index contributed by atoms with van der Waals surface area (Å²) in [5.41, 5.74) is 2.77. The zero-order chi connectivity index (χ0) is 19.7. The summed E-state index contributed by atoms with van der Waals surface area (Å²) in [5, 5.41) is 4.09. The third-order valence-corrected chi connectivity index (χ3v) is 4.87. The number of methoxy groups -OCH3 is 2. The van der Waals surface area contributed by atoms with E-state index in [4.69, 9.17) is 14.0 Å². The number of amides is 1. The Morgan fingerprint density at radius 2 is 1.93 bits per heavy atom. The van der Waals surface area contributed by atoms with Gasteiger partial charge in [-0.05, 0) is 42.8 Å². The standard InChI is InChI=1S/C21H21N3O4/c1-13-5-4-6-16(9-13)24-12-15(11-19(24)25)21-22-20(23-28-21)14-7-8-17(26-2)18(10-14)27-3/h4-10,15H,11-12H2,1-3H3. The van der Waals surface area contributed by atoms with Crippen molar-refractivity contribution in [3.8, 4) is 22.9 Å². The SMILES string of the molecule is COc1ccc(-c2noc(C3CC(=O)N(c4cccc(C)c4)C3)n2)cc1OC. The highest BCUT2D eigenvalue weighted by molar-refractivity contribution is 5.96. The lowest BCUT2D eigenvalue weighted by Crippen LogP contribution is -2.24. The Labute approximate surface area is 162 Å². The summed E-state index contributed by atoms with van der Waals surface area (Å²) in [7, 11) is 3.16. The van der Waals surface area contributed by atoms with Gasteiger partial charge in [-0.1, -0.05) is 17.3 Å². The van der Waals surface area contributed by atoms with Crippen molar-refractivity contribution in [2.45, 2.75) is 19.3 Å². The lowest BCUT2D eigenvalue weighted by molar-refractivity contribution is -0.117. The van der Waals surface area contributed by atoms with E-state index in [-0.39, 0.29) is 11.8 Å². The molecule has 144 valence electrons. The van der Waals surface area contributed by atoms with Crippen LogP contribution in [0, 0.1) is 6.92 Å². The van der Waals surface area contributed by atoms with Crippen molar-refractivity contribution in [3.05, 3.63) is 53.9 Å². The normalized spacial score (nSPS) is 16.5. The molecule has 7 nitrogen and oxygen atoms in total. The molecule has 2 aromatic carbocycles. The molecular formula is C21H21N3O4. The molecule has 0 saturated carbocycles. The zero-order valence-electron chi connectivity index (χ0n) is 16.0. The maximum Gasteiger partial charge on any atom is 0.232 e. The van der Waals surface area contributed by atoms with Gasteiger partial charge in [0.2, 0.25) is 17.6 Å². The molecule has 28 heavy (non-hydrogen) atoms. The van der Waals surface area contributed by atoms with E-state index < -0.39 is 0 Å². The fourth-order valence-electron chi connectivity index (χ4n) is 3.41. The molecule has 1 atom stereocenters. The van der Waals surface area contributed by atoms with Crippen LogP contribution in [0.1, 0.15) is 23.8 Å². The Morgan fingerprint density at radius 1 is 1.11 bits per heavy atom. The average molecular weight is 379 g/mol. The van der Waals surface area contributed by atoms with Crippen molar-refractivity contribution < 1.29 is 18.8 Å². The van der Waals surface area contributed by atoms with Crippen molar-refractivity contribution in [2.24, 2.45) is 0 Å². The molecule has 0 aliphatic carbocycles. The van der Waals surface area contributed by atoms with Gasteiger partial charge in [0.1, 0.15) is 0 Å². The molecule has 1 aliphatic rings. The van der Waals surface area contributed by atoms with Crippen molar-refractivity contribution in [1.29, 1.82) is 0 Å². The highest BCUT2D eigenvalue weighted by Gasteiger charge is 2.35. The number of carbonyl (C=O) groups excluding carboxylic acids is 1. The maximum atomic E-state index is 12.5. The molecule has 0 N–H and O–H groups in total. The molecular weight excluding hydrogens is 358 g/mol. The molecule has 1 aliphatic heterocycles.